The zero-order valence-electron chi connectivity index (χ0n) is 49.2. The molecule has 9 atom stereocenters. The van der Waals surface area contributed by atoms with E-state index in [1.807, 2.05) is 121 Å². The van der Waals surface area contributed by atoms with E-state index in [1.165, 1.54) is 4.90 Å². The van der Waals surface area contributed by atoms with E-state index in [0.717, 1.165) is 67.2 Å². The smallest absolute Gasteiger partial charge is 0.246 e. The number of aliphatic hydroxyl groups excluding tert-OH is 1. The Kier molecular flexibility index (Phi) is 24.6. The molecule has 0 bridgehead atoms. The van der Waals surface area contributed by atoms with Gasteiger partial charge < -0.3 is 52.1 Å². The second-order valence-corrected chi connectivity index (χ2v) is 22.7. The van der Waals surface area contributed by atoms with E-state index in [1.54, 1.807) is 39.8 Å². The molecule has 1 unspecified atom stereocenters. The minimum atomic E-state index is -1.20. The lowest BCUT2D eigenvalue weighted by Crippen LogP contribution is -2.60. The van der Waals surface area contributed by atoms with E-state index in [4.69, 9.17) is 0 Å². The van der Waals surface area contributed by atoms with Crippen LogP contribution in [0.4, 0.5) is 0 Å². The second-order valence-electron chi connectivity index (χ2n) is 22.7. The highest BCUT2D eigenvalue weighted by atomic mass is 16.3. The summed E-state index contributed by atoms with van der Waals surface area (Å²) in [5.74, 6) is -3.43. The predicted octanol–water partition coefficient (Wildman–Crippen LogP) is 4.97. The predicted molar refractivity (Wildman–Crippen MR) is 321 cm³/mol. The third-order valence-corrected chi connectivity index (χ3v) is 17.1. The molecule has 2 aliphatic heterocycles. The molecule has 4 aromatic rings. The molecule has 18 heteroatoms. The fourth-order valence-electron chi connectivity index (χ4n) is 12.1. The monoisotopic (exact) mass is 1140 g/mol. The summed E-state index contributed by atoms with van der Waals surface area (Å²) in [6, 6.07) is 32.6. The third-order valence-electron chi connectivity index (χ3n) is 17.1. The number of carbonyl (C=O) groups excluding carboxylic acids is 7. The van der Waals surface area contributed by atoms with E-state index in [0.29, 0.717) is 64.7 Å². The normalized spacial score (nSPS) is 19.0. The van der Waals surface area contributed by atoms with Crippen LogP contribution in [0, 0.1) is 5.92 Å². The topological polar surface area (TPSA) is 242 Å². The summed E-state index contributed by atoms with van der Waals surface area (Å²) in [5, 5.41) is 36.7. The molecule has 0 aromatic heterocycles. The number of unbranched alkanes of at least 4 members (excludes halogenated alkanes) is 3. The Balaban J connectivity index is 0.999. The number of amides is 7. The Morgan fingerprint density at radius 1 is 0.482 bits per heavy atom. The van der Waals surface area contributed by atoms with Gasteiger partial charge in [0.2, 0.25) is 41.4 Å². The van der Waals surface area contributed by atoms with Gasteiger partial charge in [-0.1, -0.05) is 153 Å². The largest absolute Gasteiger partial charge is 0.376 e. The van der Waals surface area contributed by atoms with Crippen molar-refractivity contribution in [3.63, 3.8) is 0 Å². The maximum atomic E-state index is 14.8. The Hall–Kier alpha value is -6.99. The molecule has 2 saturated heterocycles. The summed E-state index contributed by atoms with van der Waals surface area (Å²) in [7, 11) is 3.37. The van der Waals surface area contributed by atoms with Crippen molar-refractivity contribution in [1.29, 1.82) is 0 Å². The van der Waals surface area contributed by atoms with Crippen molar-refractivity contribution in [2.24, 2.45) is 5.92 Å². The van der Waals surface area contributed by atoms with Crippen LogP contribution in [0.3, 0.4) is 0 Å². The summed E-state index contributed by atoms with van der Waals surface area (Å²) < 4.78 is 0. The van der Waals surface area contributed by atoms with Crippen molar-refractivity contribution in [3.8, 4) is 0 Å². The van der Waals surface area contributed by atoms with Crippen LogP contribution in [-0.4, -0.2) is 151 Å². The average molecular weight is 1140 g/mol. The van der Waals surface area contributed by atoms with Gasteiger partial charge in [0.25, 0.3) is 0 Å². The summed E-state index contributed by atoms with van der Waals surface area (Å²) in [5.41, 5.74) is 3.46. The molecule has 83 heavy (non-hydrogen) atoms. The maximum absolute atomic E-state index is 14.8. The maximum Gasteiger partial charge on any atom is 0.246 e. The van der Waals surface area contributed by atoms with E-state index < -0.39 is 72.3 Å². The Morgan fingerprint density at radius 2 is 0.928 bits per heavy atom. The molecule has 9 N–H and O–H groups in total. The van der Waals surface area contributed by atoms with Gasteiger partial charge in [-0.3, -0.25) is 38.9 Å². The minimum Gasteiger partial charge on any atom is -0.376 e. The van der Waals surface area contributed by atoms with Crippen molar-refractivity contribution in [2.45, 2.75) is 171 Å². The number of likely N-dealkylation sites (tertiary alicyclic amines) is 2. The first-order chi connectivity index (χ1) is 40.2. The minimum absolute atomic E-state index is 0.0315. The third kappa shape index (κ3) is 17.3. The number of rotatable bonds is 29. The molecule has 3 aliphatic rings. The lowest BCUT2D eigenvalue weighted by atomic mass is 9.83. The van der Waals surface area contributed by atoms with Crippen molar-refractivity contribution in [2.75, 3.05) is 40.3 Å². The van der Waals surface area contributed by atoms with Gasteiger partial charge in [-0.15, -0.1) is 0 Å². The Bertz CT molecular complexity index is 2620. The summed E-state index contributed by atoms with van der Waals surface area (Å²) in [4.78, 5) is 101. The van der Waals surface area contributed by atoms with Crippen LogP contribution < -0.4 is 42.5 Å². The van der Waals surface area contributed by atoms with Crippen molar-refractivity contribution in [1.82, 2.24) is 52.3 Å². The van der Waals surface area contributed by atoms with Crippen molar-refractivity contribution >= 4 is 41.4 Å². The molecular formula is C65H90N10O8. The number of benzene rings is 4. The van der Waals surface area contributed by atoms with Crippen LogP contribution in [0.15, 0.2) is 121 Å². The van der Waals surface area contributed by atoms with Gasteiger partial charge in [-0.05, 0) is 121 Å². The Labute approximate surface area is 490 Å². The van der Waals surface area contributed by atoms with Crippen LogP contribution in [0.5, 0.6) is 0 Å². The van der Waals surface area contributed by atoms with Gasteiger partial charge in [0.15, 0.2) is 0 Å². The fourth-order valence-corrected chi connectivity index (χ4v) is 12.1. The highest BCUT2D eigenvalue weighted by Crippen LogP contribution is 2.33. The van der Waals surface area contributed by atoms with Gasteiger partial charge in [0.1, 0.15) is 36.4 Å². The number of nitrogens with zero attached hydrogens (tertiary/aromatic N) is 2. The van der Waals surface area contributed by atoms with Gasteiger partial charge in [0, 0.05) is 31.5 Å². The summed E-state index contributed by atoms with van der Waals surface area (Å²) in [6.07, 6.45) is 8.36. The molecule has 448 valence electrons. The van der Waals surface area contributed by atoms with Gasteiger partial charge in [-0.2, -0.15) is 0 Å². The van der Waals surface area contributed by atoms with Crippen LogP contribution in [-0.2, 0) is 33.6 Å². The van der Waals surface area contributed by atoms with Crippen molar-refractivity contribution in [3.05, 3.63) is 144 Å². The molecule has 1 saturated carbocycles. The van der Waals surface area contributed by atoms with Crippen molar-refractivity contribution < 1.29 is 38.7 Å². The van der Waals surface area contributed by atoms with E-state index in [2.05, 4.69) is 42.5 Å². The number of nitrogens with one attached hydrogen (secondary N) is 8. The zero-order valence-corrected chi connectivity index (χ0v) is 49.2. The highest BCUT2D eigenvalue weighted by Gasteiger charge is 2.44. The van der Waals surface area contributed by atoms with Gasteiger partial charge >= 0.3 is 0 Å². The SMILES string of the molecule is CN[C@@H](C)C(=O)N[C@@H](C)C(=O)N1CCC[C@H]1C(=O)N[C@H](C(=O)NCCCCCCNC(O)[C@@H](NC(=O)[C@@H]1CCCN1C(=O)[C@@H](NC(=O)[C@H](C)NC)C1CCCCC1)C(c1ccccc1)c1ccccc1)C(c1ccccc1)c1ccccc1. The molecule has 18 nitrogen and oxygen atoms in total. The highest BCUT2D eigenvalue weighted by molar-refractivity contribution is 5.96. The molecule has 0 spiro atoms. The number of hydrogen-bond donors (Lipinski definition) is 9. The first-order valence-electron chi connectivity index (χ1n) is 30.3. The zero-order chi connectivity index (χ0) is 59.3. The molecule has 3 fully saturated rings. The van der Waals surface area contributed by atoms with Crippen LogP contribution >= 0.6 is 0 Å². The number of likely N-dealkylation sites (N-methyl/N-ethyl adjacent to an activating group) is 2. The Morgan fingerprint density at radius 3 is 1.42 bits per heavy atom. The molecule has 2 heterocycles. The van der Waals surface area contributed by atoms with Crippen LogP contribution in [0.25, 0.3) is 0 Å². The van der Waals surface area contributed by atoms with Crippen LogP contribution in [0.2, 0.25) is 0 Å². The summed E-state index contributed by atoms with van der Waals surface area (Å²) in [6.45, 7) is 6.55. The number of hydrogen-bond acceptors (Lipinski definition) is 11. The molecule has 7 amide bonds. The number of aliphatic hydroxyl groups is 1. The second kappa shape index (κ2) is 32.2. The average Bonchev–Trinajstić information content (AvgIpc) is 4.30. The molecule has 7 rings (SSSR count). The van der Waals surface area contributed by atoms with E-state index >= 15 is 0 Å². The first kappa shape index (κ1) is 63.6. The van der Waals surface area contributed by atoms with Gasteiger partial charge in [0.05, 0.1) is 18.1 Å². The fraction of sp³-hybridized carbons (Fsp3) is 0.523. The quantitative estimate of drug-likeness (QED) is 0.0260. The summed E-state index contributed by atoms with van der Waals surface area (Å²) >= 11 is 0. The standard InChI is InChI=1S/C65H90N10O8/c1-43(66-4)58(76)70-45(3)64(82)74-41-25-37-51(74)60(78)72-56(53(46-27-13-8-14-28-46)47-29-15-9-16-30-47)62(80)68-39-23-6-7-24-40-69-63(81)57(54(48-31-17-10-18-32-48)49-33-19-11-20-34-49)73-61(79)52-38-26-42-75(52)65(83)55(50-35-21-12-22-36-50)71-59(77)44(2)67-5/h8-11,13-20,27-34,43-45,50-57,63,66-67,69,81H,6-7,12,21-26,35-42H2,1-5H3,(H,68,80)(H,70,76)(H,71,77)(H,72,78)(H,73,79)/t43-,44-,45-,51-,52-,55-,56-,57-,63?/m0/s1. The number of carbonyl (C=O) groups is 7. The molecule has 4 aromatic carbocycles. The van der Waals surface area contributed by atoms with Crippen LogP contribution in [0.1, 0.15) is 138 Å². The molecule has 0 radical (unpaired) electrons. The first-order valence-corrected chi connectivity index (χ1v) is 30.3. The van der Waals surface area contributed by atoms with Gasteiger partial charge in [-0.25, -0.2) is 0 Å². The van der Waals surface area contributed by atoms with E-state index in [9.17, 15) is 38.7 Å². The molecule has 1 aliphatic carbocycles. The van der Waals surface area contributed by atoms with E-state index in [-0.39, 0.29) is 41.4 Å². The lowest BCUT2D eigenvalue weighted by Gasteiger charge is -2.37. The lowest BCUT2D eigenvalue weighted by molar-refractivity contribution is -0.143. The molecular weight excluding hydrogens is 1050 g/mol.